The van der Waals surface area contributed by atoms with Crippen LogP contribution in [0.25, 0.3) is 10.8 Å². The predicted octanol–water partition coefficient (Wildman–Crippen LogP) is 0.743. The van der Waals surface area contributed by atoms with Crippen molar-refractivity contribution >= 4 is 22.6 Å². The van der Waals surface area contributed by atoms with Crippen LogP contribution in [0.5, 0.6) is 5.75 Å². The maximum Gasteiger partial charge on any atom is 0.249 e. The molecule has 0 aliphatic rings. The first-order valence-corrected chi connectivity index (χ1v) is 4.86. The van der Waals surface area contributed by atoms with Gasteiger partial charge in [-0.3, -0.25) is 9.59 Å². The molecule has 2 amide bonds. The monoisotopic (exact) mass is 230 g/mol. The van der Waals surface area contributed by atoms with Crippen LogP contribution < -0.4 is 11.5 Å². The van der Waals surface area contributed by atoms with Gasteiger partial charge in [-0.25, -0.2) is 0 Å². The lowest BCUT2D eigenvalue weighted by molar-refractivity contribution is 0.0998. The molecule has 17 heavy (non-hydrogen) atoms. The van der Waals surface area contributed by atoms with Crippen molar-refractivity contribution in [3.63, 3.8) is 0 Å². The molecule has 0 aromatic heterocycles. The number of hydrogen-bond donors (Lipinski definition) is 3. The van der Waals surface area contributed by atoms with E-state index >= 15 is 0 Å². The molecule has 0 aliphatic heterocycles. The summed E-state index contributed by atoms with van der Waals surface area (Å²) >= 11 is 0. The van der Waals surface area contributed by atoms with E-state index in [0.717, 1.165) is 0 Å². The van der Waals surface area contributed by atoms with Gasteiger partial charge in [-0.05, 0) is 18.2 Å². The van der Waals surface area contributed by atoms with Crippen molar-refractivity contribution < 1.29 is 14.7 Å². The summed E-state index contributed by atoms with van der Waals surface area (Å²) in [5.41, 5.74) is 10.8. The number of phenolic OH excluding ortho intramolecular Hbond substituents is 1. The molecule has 5 heteroatoms. The van der Waals surface area contributed by atoms with Crippen molar-refractivity contribution in [3.8, 4) is 5.75 Å². The number of benzene rings is 2. The lowest BCUT2D eigenvalue weighted by Crippen LogP contribution is -2.16. The van der Waals surface area contributed by atoms with Gasteiger partial charge in [-0.2, -0.15) is 0 Å². The Labute approximate surface area is 96.6 Å². The molecule has 0 saturated heterocycles. The molecule has 0 saturated carbocycles. The van der Waals surface area contributed by atoms with E-state index in [1.165, 1.54) is 18.2 Å². The van der Waals surface area contributed by atoms with Gasteiger partial charge in [0.2, 0.25) is 11.8 Å². The zero-order valence-electron chi connectivity index (χ0n) is 8.81. The Morgan fingerprint density at radius 3 is 2.12 bits per heavy atom. The van der Waals surface area contributed by atoms with Gasteiger partial charge >= 0.3 is 0 Å². The Morgan fingerprint density at radius 2 is 1.53 bits per heavy atom. The predicted molar refractivity (Wildman–Crippen MR) is 62.6 cm³/mol. The zero-order chi connectivity index (χ0) is 12.6. The normalized spacial score (nSPS) is 10.4. The summed E-state index contributed by atoms with van der Waals surface area (Å²) in [6.07, 6.45) is 0. The van der Waals surface area contributed by atoms with Crippen molar-refractivity contribution in [2.45, 2.75) is 0 Å². The number of nitrogens with two attached hydrogens (primary N) is 2. The molecule has 2 rings (SSSR count). The van der Waals surface area contributed by atoms with Crippen molar-refractivity contribution in [1.29, 1.82) is 0 Å². The fraction of sp³-hybridized carbons (Fsp3) is 0. The van der Waals surface area contributed by atoms with E-state index in [1.54, 1.807) is 12.1 Å². The lowest BCUT2D eigenvalue weighted by atomic mass is 9.98. The van der Waals surface area contributed by atoms with Gasteiger partial charge < -0.3 is 16.6 Å². The van der Waals surface area contributed by atoms with E-state index in [-0.39, 0.29) is 22.3 Å². The van der Waals surface area contributed by atoms with E-state index in [2.05, 4.69) is 0 Å². The van der Waals surface area contributed by atoms with Crippen molar-refractivity contribution in [2.75, 3.05) is 0 Å². The first-order valence-electron chi connectivity index (χ1n) is 4.86. The quantitative estimate of drug-likeness (QED) is 0.708. The van der Waals surface area contributed by atoms with Gasteiger partial charge in [0.25, 0.3) is 0 Å². The molecule has 0 atom stereocenters. The van der Waals surface area contributed by atoms with Crippen LogP contribution in [-0.2, 0) is 0 Å². The Morgan fingerprint density at radius 1 is 0.941 bits per heavy atom. The minimum Gasteiger partial charge on any atom is -0.507 e. The number of hydrogen-bond acceptors (Lipinski definition) is 3. The smallest absolute Gasteiger partial charge is 0.249 e. The fourth-order valence-electron chi connectivity index (χ4n) is 1.80. The Hall–Kier alpha value is -2.56. The Balaban J connectivity index is 2.99. The summed E-state index contributed by atoms with van der Waals surface area (Å²) in [4.78, 5) is 22.6. The highest BCUT2D eigenvalue weighted by Crippen LogP contribution is 2.29. The summed E-state index contributed by atoms with van der Waals surface area (Å²) in [6.45, 7) is 0. The first kappa shape index (κ1) is 10.9. The summed E-state index contributed by atoms with van der Waals surface area (Å²) < 4.78 is 0. The Bertz CT molecular complexity index is 615. The third kappa shape index (κ3) is 1.67. The lowest BCUT2D eigenvalue weighted by Gasteiger charge is -2.08. The molecular formula is C12H10N2O3. The maximum atomic E-state index is 11.3. The average Bonchev–Trinajstić information content (AvgIpc) is 2.28. The van der Waals surface area contributed by atoms with Crippen LogP contribution in [-0.4, -0.2) is 16.9 Å². The summed E-state index contributed by atoms with van der Waals surface area (Å²) in [6, 6.07) is 7.37. The molecule has 0 radical (unpaired) electrons. The second-order valence-electron chi connectivity index (χ2n) is 3.59. The van der Waals surface area contributed by atoms with Crippen molar-refractivity contribution in [2.24, 2.45) is 11.5 Å². The van der Waals surface area contributed by atoms with Gasteiger partial charge in [0.15, 0.2) is 0 Å². The van der Waals surface area contributed by atoms with E-state index in [4.69, 9.17) is 11.5 Å². The molecule has 0 fully saturated rings. The van der Waals surface area contributed by atoms with Crippen LogP contribution in [0.15, 0.2) is 30.3 Å². The Kier molecular flexibility index (Phi) is 2.44. The highest BCUT2D eigenvalue weighted by molar-refractivity contribution is 6.16. The van der Waals surface area contributed by atoms with Gasteiger partial charge in [0.05, 0.1) is 0 Å². The van der Waals surface area contributed by atoms with Gasteiger partial charge in [-0.15, -0.1) is 0 Å². The van der Waals surface area contributed by atoms with Gasteiger partial charge in [-0.1, -0.05) is 12.1 Å². The van der Waals surface area contributed by atoms with Crippen LogP contribution in [0, 0.1) is 0 Å². The van der Waals surface area contributed by atoms with E-state index in [0.29, 0.717) is 5.39 Å². The molecule has 2 aromatic rings. The summed E-state index contributed by atoms with van der Waals surface area (Å²) in [5.74, 6) is -1.39. The topological polar surface area (TPSA) is 106 Å². The highest BCUT2D eigenvalue weighted by Gasteiger charge is 2.15. The first-order chi connectivity index (χ1) is 8.02. The molecule has 5 nitrogen and oxygen atoms in total. The molecule has 86 valence electrons. The number of carbonyl (C=O) groups is 2. The number of primary amides is 2. The van der Waals surface area contributed by atoms with Crippen molar-refractivity contribution in [3.05, 3.63) is 41.5 Å². The number of phenols is 1. The number of carbonyl (C=O) groups excluding carboxylic acids is 2. The van der Waals surface area contributed by atoms with Crippen LogP contribution >= 0.6 is 0 Å². The SMILES string of the molecule is NC(=O)c1cccc2c(O)ccc(C(N)=O)c12. The van der Waals surface area contributed by atoms with Crippen LogP contribution in [0.1, 0.15) is 20.7 Å². The van der Waals surface area contributed by atoms with Gasteiger partial charge in [0, 0.05) is 21.9 Å². The van der Waals surface area contributed by atoms with Crippen LogP contribution in [0.4, 0.5) is 0 Å². The molecule has 0 aliphatic carbocycles. The molecule has 5 N–H and O–H groups in total. The third-order valence-corrected chi connectivity index (χ3v) is 2.55. The molecule has 0 spiro atoms. The second-order valence-corrected chi connectivity index (χ2v) is 3.59. The van der Waals surface area contributed by atoms with E-state index in [9.17, 15) is 14.7 Å². The van der Waals surface area contributed by atoms with E-state index < -0.39 is 11.8 Å². The minimum absolute atomic E-state index is 0.0342. The number of rotatable bonds is 2. The largest absolute Gasteiger partial charge is 0.507 e. The zero-order valence-corrected chi connectivity index (χ0v) is 8.81. The molecule has 0 bridgehead atoms. The second kappa shape index (κ2) is 3.79. The van der Waals surface area contributed by atoms with Gasteiger partial charge in [0.1, 0.15) is 5.75 Å². The fourth-order valence-corrected chi connectivity index (χ4v) is 1.80. The molecular weight excluding hydrogens is 220 g/mol. The van der Waals surface area contributed by atoms with Crippen LogP contribution in [0.2, 0.25) is 0 Å². The third-order valence-electron chi connectivity index (χ3n) is 2.55. The van der Waals surface area contributed by atoms with E-state index in [1.807, 2.05) is 0 Å². The number of fused-ring (bicyclic) bond motifs is 1. The standard InChI is InChI=1S/C12H10N2O3/c13-11(16)7-3-1-2-6-9(15)5-4-8(10(6)7)12(14)17/h1-5,15H,(H2,13,16)(H2,14,17). The average molecular weight is 230 g/mol. The molecule has 0 heterocycles. The number of aromatic hydroxyl groups is 1. The maximum absolute atomic E-state index is 11.3. The summed E-state index contributed by atoms with van der Waals surface area (Å²) in [5, 5.41) is 10.3. The summed E-state index contributed by atoms with van der Waals surface area (Å²) in [7, 11) is 0. The van der Waals surface area contributed by atoms with Crippen LogP contribution in [0.3, 0.4) is 0 Å². The molecule has 2 aromatic carbocycles. The minimum atomic E-state index is -0.677. The van der Waals surface area contributed by atoms with Crippen molar-refractivity contribution in [1.82, 2.24) is 0 Å². The highest BCUT2D eigenvalue weighted by atomic mass is 16.3. The number of amides is 2. The molecule has 0 unspecified atom stereocenters.